The molecule has 0 spiro atoms. The molecule has 2 unspecified atom stereocenters. The Morgan fingerprint density at radius 3 is 1.53 bits per heavy atom. The molecule has 2 atom stereocenters. The summed E-state index contributed by atoms with van der Waals surface area (Å²) in [7, 11) is -1.49. The van der Waals surface area contributed by atoms with E-state index in [4.69, 9.17) is 4.55 Å². The standard InChI is InChI=1S/C21H43NO2.CH4O4S.2H2/c1-5-6-7-8-9-10-11-12-13-14-15-16-17-18-21(24)19(2)22(4)20(3)23;1-5-6(2,3)4;;/h19-20,23H,5-18H2,1-4H3;1H3,(H,2,3,4);2*1H. The van der Waals surface area contributed by atoms with Crippen LogP contribution in [0.2, 0.25) is 0 Å². The van der Waals surface area contributed by atoms with Crippen molar-refractivity contribution in [3.05, 3.63) is 0 Å². The van der Waals surface area contributed by atoms with Crippen molar-refractivity contribution in [1.82, 2.24) is 4.90 Å². The molecule has 0 aromatic heterocycles. The van der Waals surface area contributed by atoms with Crippen molar-refractivity contribution in [2.45, 2.75) is 123 Å². The van der Waals surface area contributed by atoms with Crippen LogP contribution in [0.5, 0.6) is 0 Å². The lowest BCUT2D eigenvalue weighted by Crippen LogP contribution is -2.41. The maximum atomic E-state index is 12.0. The number of carbonyl (C=O) groups is 1. The Bertz CT molecular complexity index is 507. The molecule has 0 saturated carbocycles. The number of ketones is 1. The fourth-order valence-corrected chi connectivity index (χ4v) is 3.08. The van der Waals surface area contributed by atoms with E-state index in [0.29, 0.717) is 6.42 Å². The van der Waals surface area contributed by atoms with Crippen LogP contribution < -0.4 is 0 Å². The van der Waals surface area contributed by atoms with Crippen LogP contribution in [0.4, 0.5) is 0 Å². The Labute approximate surface area is 188 Å². The molecule has 7 nitrogen and oxygen atoms in total. The van der Waals surface area contributed by atoms with E-state index in [-0.39, 0.29) is 14.7 Å². The highest BCUT2D eigenvalue weighted by atomic mass is 32.3. The molecule has 8 heteroatoms. The maximum Gasteiger partial charge on any atom is 0.397 e. The highest BCUT2D eigenvalue weighted by Gasteiger charge is 2.19. The van der Waals surface area contributed by atoms with E-state index in [1.54, 1.807) is 18.9 Å². The molecule has 0 aromatic rings. The van der Waals surface area contributed by atoms with Crippen molar-refractivity contribution in [2.24, 2.45) is 0 Å². The number of hydrogen-bond donors (Lipinski definition) is 2. The number of likely N-dealkylation sites (N-methyl/N-ethyl adjacent to an activating group) is 1. The second kappa shape index (κ2) is 20.4. The SMILES string of the molecule is CCCCCCCCCCCCCCCC(=O)C(C)N(C)C(C)O.COS(=O)(=O)O.[HH].[HH]. The van der Waals surface area contributed by atoms with Crippen LogP contribution in [-0.4, -0.2) is 55.2 Å². The lowest BCUT2D eigenvalue weighted by molar-refractivity contribution is -0.126. The molecule has 0 radical (unpaired) electrons. The molecule has 186 valence electrons. The molecule has 0 aromatic carbocycles. The van der Waals surface area contributed by atoms with Gasteiger partial charge in [0.1, 0.15) is 12.0 Å². The highest BCUT2D eigenvalue weighted by Crippen LogP contribution is 2.14. The molecule has 0 heterocycles. The van der Waals surface area contributed by atoms with Crippen LogP contribution in [-0.2, 0) is 19.4 Å². The predicted octanol–water partition coefficient (Wildman–Crippen LogP) is 5.62. The molecule has 0 aliphatic heterocycles. The van der Waals surface area contributed by atoms with E-state index < -0.39 is 16.6 Å². The third-order valence-electron chi connectivity index (χ3n) is 5.40. The lowest BCUT2D eigenvalue weighted by Gasteiger charge is -2.26. The average Bonchev–Trinajstić information content (AvgIpc) is 2.69. The van der Waals surface area contributed by atoms with E-state index in [2.05, 4.69) is 11.1 Å². The van der Waals surface area contributed by atoms with Gasteiger partial charge in [0.05, 0.1) is 13.2 Å². The van der Waals surface area contributed by atoms with Crippen LogP contribution in [0.25, 0.3) is 0 Å². The number of rotatable bonds is 18. The molecule has 0 amide bonds. The topological polar surface area (TPSA) is 104 Å². The van der Waals surface area contributed by atoms with Crippen LogP contribution in [0.15, 0.2) is 0 Å². The molecule has 0 saturated heterocycles. The van der Waals surface area contributed by atoms with Crippen molar-refractivity contribution >= 4 is 16.2 Å². The summed E-state index contributed by atoms with van der Waals surface area (Å²) in [5.41, 5.74) is 0. The third kappa shape index (κ3) is 22.2. The number of unbranched alkanes of at least 4 members (excludes halogenated alkanes) is 12. The van der Waals surface area contributed by atoms with Gasteiger partial charge in [-0.25, -0.2) is 0 Å². The van der Waals surface area contributed by atoms with Gasteiger partial charge in [0.2, 0.25) is 0 Å². The zero-order valence-corrected chi connectivity index (χ0v) is 20.8. The largest absolute Gasteiger partial charge is 0.397 e. The number of hydrogen-bond acceptors (Lipinski definition) is 6. The number of aliphatic hydroxyl groups excluding tert-OH is 1. The summed E-state index contributed by atoms with van der Waals surface area (Å²) in [6, 6.07) is -0.178. The lowest BCUT2D eigenvalue weighted by atomic mass is 10.0. The van der Waals surface area contributed by atoms with E-state index in [1.165, 1.54) is 70.6 Å². The van der Waals surface area contributed by atoms with Gasteiger partial charge in [-0.05, 0) is 27.3 Å². The Hall–Kier alpha value is -0.540. The first-order chi connectivity index (χ1) is 14.1. The zero-order chi connectivity index (χ0) is 23.4. The van der Waals surface area contributed by atoms with Crippen molar-refractivity contribution in [3.8, 4) is 0 Å². The molecule has 0 rings (SSSR count). The quantitative estimate of drug-likeness (QED) is 0.156. The molecular formula is C22H51NO6S. The Balaban J connectivity index is -0.000000429. The second-order valence-corrected chi connectivity index (χ2v) is 9.22. The number of aliphatic hydroxyl groups is 1. The first kappa shape index (κ1) is 31.6. The minimum Gasteiger partial charge on any atom is -0.379 e. The van der Waals surface area contributed by atoms with Gasteiger partial charge < -0.3 is 5.11 Å². The molecule has 0 aliphatic rings. The number of nitrogens with zero attached hydrogens (tertiary/aromatic N) is 1. The second-order valence-electron chi connectivity index (χ2n) is 8.03. The number of Topliss-reactive ketones (excluding diaryl/α,β-unsaturated/α-hetero) is 1. The van der Waals surface area contributed by atoms with E-state index >= 15 is 0 Å². The molecule has 30 heavy (non-hydrogen) atoms. The summed E-state index contributed by atoms with van der Waals surface area (Å²) >= 11 is 0. The van der Waals surface area contributed by atoms with Gasteiger partial charge in [-0.15, -0.1) is 0 Å². The Morgan fingerprint density at radius 2 is 1.23 bits per heavy atom. The Kier molecular flexibility index (Phi) is 21.5. The normalized spacial score (nSPS) is 13.6. The van der Waals surface area contributed by atoms with Gasteiger partial charge in [0.15, 0.2) is 0 Å². The van der Waals surface area contributed by atoms with Gasteiger partial charge >= 0.3 is 10.4 Å². The van der Waals surface area contributed by atoms with Gasteiger partial charge in [0.25, 0.3) is 0 Å². The van der Waals surface area contributed by atoms with Gasteiger partial charge in [-0.1, -0.05) is 84.0 Å². The smallest absolute Gasteiger partial charge is 0.379 e. The minimum atomic E-state index is -4.16. The summed E-state index contributed by atoms with van der Waals surface area (Å²) in [6.07, 6.45) is 17.3. The molecular weight excluding hydrogens is 406 g/mol. The van der Waals surface area contributed by atoms with E-state index in [0.717, 1.165) is 20.0 Å². The van der Waals surface area contributed by atoms with E-state index in [1.807, 2.05) is 6.92 Å². The summed E-state index contributed by atoms with van der Waals surface area (Å²) in [6.45, 7) is 5.86. The Morgan fingerprint density at radius 1 is 0.900 bits per heavy atom. The first-order valence-corrected chi connectivity index (χ1v) is 12.9. The van der Waals surface area contributed by atoms with Crippen LogP contribution >= 0.6 is 0 Å². The monoisotopic (exact) mass is 457 g/mol. The molecule has 0 aliphatic carbocycles. The van der Waals surface area contributed by atoms with Crippen LogP contribution in [0, 0.1) is 0 Å². The molecule has 0 bridgehead atoms. The summed E-state index contributed by atoms with van der Waals surface area (Å²) in [5.74, 6) is 0.251. The van der Waals surface area contributed by atoms with Crippen molar-refractivity contribution in [3.63, 3.8) is 0 Å². The van der Waals surface area contributed by atoms with Gasteiger partial charge in [-0.2, -0.15) is 8.42 Å². The van der Waals surface area contributed by atoms with Crippen LogP contribution in [0.3, 0.4) is 0 Å². The van der Waals surface area contributed by atoms with Gasteiger partial charge in [-0.3, -0.25) is 18.4 Å². The highest BCUT2D eigenvalue weighted by molar-refractivity contribution is 7.80. The zero-order valence-electron chi connectivity index (χ0n) is 19.9. The molecule has 2 N–H and O–H groups in total. The average molecular weight is 458 g/mol. The maximum absolute atomic E-state index is 12.0. The molecule has 0 fully saturated rings. The van der Waals surface area contributed by atoms with Crippen molar-refractivity contribution in [2.75, 3.05) is 14.2 Å². The van der Waals surface area contributed by atoms with Crippen molar-refractivity contribution < 1.29 is 29.9 Å². The summed E-state index contributed by atoms with van der Waals surface area (Å²) in [4.78, 5) is 13.8. The van der Waals surface area contributed by atoms with Gasteiger partial charge in [0, 0.05) is 9.27 Å². The number of carbonyl (C=O) groups excluding carboxylic acids is 1. The predicted molar refractivity (Wildman–Crippen MR) is 127 cm³/mol. The fraction of sp³-hybridized carbons (Fsp3) is 0.955. The minimum absolute atomic E-state index is 0. The summed E-state index contributed by atoms with van der Waals surface area (Å²) < 4.78 is 29.7. The first-order valence-electron chi connectivity index (χ1n) is 11.5. The van der Waals surface area contributed by atoms with Crippen LogP contribution in [0.1, 0.15) is 114 Å². The third-order valence-corrected chi connectivity index (χ3v) is 5.82. The summed E-state index contributed by atoms with van der Waals surface area (Å²) in [5, 5.41) is 9.50. The van der Waals surface area contributed by atoms with E-state index in [9.17, 15) is 18.3 Å². The van der Waals surface area contributed by atoms with Crippen molar-refractivity contribution in [1.29, 1.82) is 0 Å². The fourth-order valence-electron chi connectivity index (χ4n) is 3.08.